The van der Waals surface area contributed by atoms with Crippen molar-refractivity contribution in [2.45, 2.75) is 19.6 Å². The molecule has 0 unspecified atom stereocenters. The summed E-state index contributed by atoms with van der Waals surface area (Å²) in [6.45, 7) is 4.62. The number of carbonyl (C=O) groups is 1. The van der Waals surface area contributed by atoms with Crippen molar-refractivity contribution >= 4 is 17.7 Å². The number of methoxy groups -OCH3 is 1. The third-order valence-electron chi connectivity index (χ3n) is 3.67. The van der Waals surface area contributed by atoms with E-state index in [1.54, 1.807) is 7.11 Å². The van der Waals surface area contributed by atoms with E-state index in [-0.39, 0.29) is 5.91 Å². The Kier molecular flexibility index (Phi) is 6.53. The van der Waals surface area contributed by atoms with E-state index in [0.29, 0.717) is 6.54 Å². The summed E-state index contributed by atoms with van der Waals surface area (Å²) in [6.07, 6.45) is 0. The Morgan fingerprint density at radius 3 is 2.35 bits per heavy atom. The average Bonchev–Trinajstić information content (AvgIpc) is 2.55. The number of benzene rings is 2. The van der Waals surface area contributed by atoms with Crippen LogP contribution in [0, 0.1) is 13.8 Å². The summed E-state index contributed by atoms with van der Waals surface area (Å²) in [6, 6.07) is 14.0. The Morgan fingerprint density at radius 1 is 1.09 bits per heavy atom. The zero-order valence-electron chi connectivity index (χ0n) is 13.9. The predicted molar refractivity (Wildman–Crippen MR) is 97.4 cm³/mol. The van der Waals surface area contributed by atoms with Gasteiger partial charge in [0, 0.05) is 23.6 Å². The zero-order valence-corrected chi connectivity index (χ0v) is 14.7. The second-order valence-electron chi connectivity index (χ2n) is 5.42. The summed E-state index contributed by atoms with van der Waals surface area (Å²) in [4.78, 5) is 12.3. The number of amides is 1. The lowest BCUT2D eigenvalue weighted by Gasteiger charge is -2.10. The third kappa shape index (κ3) is 5.03. The number of carbonyl (C=O) groups excluding carboxylic acids is 1. The van der Waals surface area contributed by atoms with Crippen LogP contribution >= 0.6 is 11.8 Å². The van der Waals surface area contributed by atoms with Crippen LogP contribution in [0.3, 0.4) is 0 Å². The third-order valence-corrected chi connectivity index (χ3v) is 4.70. The molecular formula is C19H23NO2S. The molecule has 0 fully saturated rings. The molecule has 122 valence electrons. The maximum absolute atomic E-state index is 12.3. The molecule has 23 heavy (non-hydrogen) atoms. The van der Waals surface area contributed by atoms with Crippen molar-refractivity contribution in [1.29, 1.82) is 0 Å². The van der Waals surface area contributed by atoms with Gasteiger partial charge in [-0.2, -0.15) is 11.8 Å². The molecule has 2 aromatic carbocycles. The van der Waals surface area contributed by atoms with Gasteiger partial charge in [0.05, 0.1) is 7.11 Å². The lowest BCUT2D eigenvalue weighted by molar-refractivity contribution is 0.0955. The van der Waals surface area contributed by atoms with Gasteiger partial charge in [-0.15, -0.1) is 0 Å². The Bertz CT molecular complexity index is 633. The van der Waals surface area contributed by atoms with Gasteiger partial charge in [0.2, 0.25) is 0 Å². The fourth-order valence-corrected chi connectivity index (χ4v) is 3.23. The minimum absolute atomic E-state index is 0.0191. The van der Waals surface area contributed by atoms with Gasteiger partial charge in [0.1, 0.15) is 5.75 Å². The normalized spacial score (nSPS) is 10.4. The molecule has 2 rings (SSSR count). The van der Waals surface area contributed by atoms with Gasteiger partial charge >= 0.3 is 0 Å². The summed E-state index contributed by atoms with van der Waals surface area (Å²) in [5.41, 5.74) is 4.10. The second-order valence-corrected chi connectivity index (χ2v) is 6.53. The summed E-state index contributed by atoms with van der Waals surface area (Å²) < 4.78 is 5.15. The van der Waals surface area contributed by atoms with Gasteiger partial charge in [0.25, 0.3) is 5.91 Å². The Morgan fingerprint density at radius 2 is 1.74 bits per heavy atom. The quantitative estimate of drug-likeness (QED) is 0.781. The van der Waals surface area contributed by atoms with Gasteiger partial charge in [0.15, 0.2) is 0 Å². The first kappa shape index (κ1) is 17.4. The largest absolute Gasteiger partial charge is 0.497 e. The van der Waals surface area contributed by atoms with Crippen molar-refractivity contribution in [1.82, 2.24) is 5.32 Å². The standard InChI is InChI=1S/C19H23NO2S/c1-14-5-4-6-15(2)18(14)19(21)20-11-12-23-13-16-7-9-17(22-3)10-8-16/h4-10H,11-13H2,1-3H3,(H,20,21). The first-order chi connectivity index (χ1) is 11.1. The molecule has 3 nitrogen and oxygen atoms in total. The highest BCUT2D eigenvalue weighted by atomic mass is 32.2. The average molecular weight is 329 g/mol. The maximum Gasteiger partial charge on any atom is 0.251 e. The minimum Gasteiger partial charge on any atom is -0.497 e. The van der Waals surface area contributed by atoms with Crippen LogP contribution in [0.1, 0.15) is 27.0 Å². The number of ether oxygens (including phenoxy) is 1. The van der Waals surface area contributed by atoms with E-state index in [1.165, 1.54) is 5.56 Å². The molecule has 0 radical (unpaired) electrons. The molecule has 0 heterocycles. The van der Waals surface area contributed by atoms with E-state index in [1.807, 2.05) is 55.9 Å². The molecule has 2 aromatic rings. The van der Waals surface area contributed by atoms with E-state index in [9.17, 15) is 4.79 Å². The van der Waals surface area contributed by atoms with Crippen LogP contribution in [0.15, 0.2) is 42.5 Å². The lowest BCUT2D eigenvalue weighted by atomic mass is 10.0. The molecule has 0 aliphatic heterocycles. The van der Waals surface area contributed by atoms with E-state index >= 15 is 0 Å². The maximum atomic E-state index is 12.3. The zero-order chi connectivity index (χ0) is 16.7. The van der Waals surface area contributed by atoms with Crippen molar-refractivity contribution in [2.75, 3.05) is 19.4 Å². The topological polar surface area (TPSA) is 38.3 Å². The summed E-state index contributed by atoms with van der Waals surface area (Å²) >= 11 is 1.81. The van der Waals surface area contributed by atoms with E-state index < -0.39 is 0 Å². The van der Waals surface area contributed by atoms with Gasteiger partial charge in [-0.05, 0) is 42.7 Å². The van der Waals surface area contributed by atoms with Crippen LogP contribution in [-0.2, 0) is 5.75 Å². The van der Waals surface area contributed by atoms with Crippen LogP contribution in [-0.4, -0.2) is 25.3 Å². The number of thioether (sulfide) groups is 1. The van der Waals surface area contributed by atoms with Gasteiger partial charge in [-0.3, -0.25) is 4.79 Å². The summed E-state index contributed by atoms with van der Waals surface area (Å²) in [5.74, 6) is 2.72. The monoisotopic (exact) mass is 329 g/mol. The highest BCUT2D eigenvalue weighted by Gasteiger charge is 2.10. The highest BCUT2D eigenvalue weighted by Crippen LogP contribution is 2.16. The van der Waals surface area contributed by atoms with E-state index in [2.05, 4.69) is 17.4 Å². The first-order valence-electron chi connectivity index (χ1n) is 7.67. The minimum atomic E-state index is 0.0191. The molecule has 0 saturated carbocycles. The van der Waals surface area contributed by atoms with Crippen LogP contribution in [0.25, 0.3) is 0 Å². The second kappa shape index (κ2) is 8.63. The molecule has 0 spiro atoms. The molecule has 4 heteroatoms. The fraction of sp³-hybridized carbons (Fsp3) is 0.316. The lowest BCUT2D eigenvalue weighted by Crippen LogP contribution is -2.27. The number of rotatable bonds is 7. The molecule has 0 atom stereocenters. The summed E-state index contributed by atoms with van der Waals surface area (Å²) in [5, 5.41) is 3.01. The van der Waals surface area contributed by atoms with Crippen molar-refractivity contribution in [2.24, 2.45) is 0 Å². The van der Waals surface area contributed by atoms with Crippen molar-refractivity contribution in [3.8, 4) is 5.75 Å². The van der Waals surface area contributed by atoms with E-state index in [0.717, 1.165) is 33.9 Å². The Balaban J connectivity index is 1.73. The molecule has 0 bridgehead atoms. The highest BCUT2D eigenvalue weighted by molar-refractivity contribution is 7.98. The molecule has 0 aromatic heterocycles. The van der Waals surface area contributed by atoms with Crippen molar-refractivity contribution < 1.29 is 9.53 Å². The van der Waals surface area contributed by atoms with Gasteiger partial charge < -0.3 is 10.1 Å². The SMILES string of the molecule is COc1ccc(CSCCNC(=O)c2c(C)cccc2C)cc1. The van der Waals surface area contributed by atoms with Crippen molar-refractivity contribution in [3.63, 3.8) is 0 Å². The van der Waals surface area contributed by atoms with Crippen LogP contribution in [0.2, 0.25) is 0 Å². The number of hydrogen-bond acceptors (Lipinski definition) is 3. The molecule has 1 N–H and O–H groups in total. The molecule has 1 amide bonds. The Labute approximate surface area is 142 Å². The predicted octanol–water partition coefficient (Wildman–Crippen LogP) is 3.98. The summed E-state index contributed by atoms with van der Waals surface area (Å²) in [7, 11) is 1.67. The molecule has 0 aliphatic rings. The smallest absolute Gasteiger partial charge is 0.251 e. The number of nitrogens with one attached hydrogen (secondary N) is 1. The van der Waals surface area contributed by atoms with Crippen LogP contribution in [0.5, 0.6) is 5.75 Å². The number of aryl methyl sites for hydroxylation is 2. The van der Waals surface area contributed by atoms with Crippen LogP contribution < -0.4 is 10.1 Å². The van der Waals surface area contributed by atoms with Crippen LogP contribution in [0.4, 0.5) is 0 Å². The van der Waals surface area contributed by atoms with Gasteiger partial charge in [-0.1, -0.05) is 30.3 Å². The Hall–Kier alpha value is -1.94. The molecule has 0 aliphatic carbocycles. The number of hydrogen-bond donors (Lipinski definition) is 1. The van der Waals surface area contributed by atoms with E-state index in [4.69, 9.17) is 4.74 Å². The molecular weight excluding hydrogens is 306 g/mol. The first-order valence-corrected chi connectivity index (χ1v) is 8.82. The molecule has 0 saturated heterocycles. The fourth-order valence-electron chi connectivity index (χ4n) is 2.41. The van der Waals surface area contributed by atoms with Crippen molar-refractivity contribution in [3.05, 3.63) is 64.7 Å². The van der Waals surface area contributed by atoms with Gasteiger partial charge in [-0.25, -0.2) is 0 Å².